The average molecular weight is 366 g/mol. The number of carbonyl (C=O) groups excluding carboxylic acids is 1. The zero-order valence-corrected chi connectivity index (χ0v) is 13.7. The third-order valence-corrected chi connectivity index (χ3v) is 4.52. The molecule has 1 unspecified atom stereocenters. The maximum Gasteiger partial charge on any atom is 0.200 e. The number of phenolic OH excluding ortho intramolecular Hbond substituents is 5. The molecule has 0 spiro atoms. The third-order valence-electron chi connectivity index (χ3n) is 4.52. The first-order valence-corrected chi connectivity index (χ1v) is 7.97. The minimum Gasteiger partial charge on any atom is -0.508 e. The Hall–Kier alpha value is -3.87. The summed E-state index contributed by atoms with van der Waals surface area (Å²) in [5.41, 5.74) is 1.40. The number of ether oxygens (including phenoxy) is 1. The largest absolute Gasteiger partial charge is 0.508 e. The van der Waals surface area contributed by atoms with Gasteiger partial charge in [-0.3, -0.25) is 0 Å². The van der Waals surface area contributed by atoms with Gasteiger partial charge in [0.2, 0.25) is 0 Å². The van der Waals surface area contributed by atoms with Crippen molar-refractivity contribution in [3.05, 3.63) is 53.6 Å². The number of hydrogen-bond donors (Lipinski definition) is 5. The molecule has 0 radical (unpaired) electrons. The van der Waals surface area contributed by atoms with E-state index in [4.69, 9.17) is 4.74 Å². The molecule has 0 fully saturated rings. The Bertz CT molecular complexity index is 1060. The standard InChI is InChI=1S/C20H14O7/c21-8-13-12-7-11(22)1-2-17(12)27-18-6-10(3-14(23)19(13)18)9-4-15(24)20(26)16(25)5-9/h1-8,13,22-26H. The summed E-state index contributed by atoms with van der Waals surface area (Å²) in [5, 5.41) is 49.1. The van der Waals surface area contributed by atoms with Crippen LogP contribution in [0.3, 0.4) is 0 Å². The van der Waals surface area contributed by atoms with Gasteiger partial charge in [-0.2, -0.15) is 0 Å². The third kappa shape index (κ3) is 2.56. The molecule has 7 heteroatoms. The number of benzene rings is 3. The van der Waals surface area contributed by atoms with Crippen LogP contribution in [0.2, 0.25) is 0 Å². The quantitative estimate of drug-likeness (QED) is 0.348. The van der Waals surface area contributed by atoms with Crippen LogP contribution in [-0.4, -0.2) is 31.8 Å². The smallest absolute Gasteiger partial charge is 0.200 e. The van der Waals surface area contributed by atoms with Gasteiger partial charge in [0.25, 0.3) is 0 Å². The maximum atomic E-state index is 11.7. The van der Waals surface area contributed by atoms with Crippen molar-refractivity contribution in [3.63, 3.8) is 0 Å². The molecule has 1 heterocycles. The molecule has 4 rings (SSSR count). The molecule has 27 heavy (non-hydrogen) atoms. The lowest BCUT2D eigenvalue weighted by molar-refractivity contribution is -0.108. The van der Waals surface area contributed by atoms with E-state index in [1.54, 1.807) is 6.07 Å². The van der Waals surface area contributed by atoms with Crippen molar-refractivity contribution in [2.75, 3.05) is 0 Å². The Labute approximate surface area is 153 Å². The summed E-state index contributed by atoms with van der Waals surface area (Å²) >= 11 is 0. The van der Waals surface area contributed by atoms with Crippen LogP contribution in [0.15, 0.2) is 42.5 Å². The Morgan fingerprint density at radius 1 is 0.778 bits per heavy atom. The van der Waals surface area contributed by atoms with Crippen LogP contribution in [0.4, 0.5) is 0 Å². The van der Waals surface area contributed by atoms with Crippen LogP contribution in [0, 0.1) is 0 Å². The minimum atomic E-state index is -0.827. The van der Waals surface area contributed by atoms with Crippen LogP contribution in [0.1, 0.15) is 17.0 Å². The summed E-state index contributed by atoms with van der Waals surface area (Å²) in [7, 11) is 0. The van der Waals surface area contributed by atoms with E-state index in [0.29, 0.717) is 28.7 Å². The minimum absolute atomic E-state index is 0.0289. The second kappa shape index (κ2) is 5.84. The number of fused-ring (bicyclic) bond motifs is 2. The molecule has 0 saturated heterocycles. The Morgan fingerprint density at radius 3 is 2.07 bits per heavy atom. The highest BCUT2D eigenvalue weighted by atomic mass is 16.5. The van der Waals surface area contributed by atoms with Gasteiger partial charge >= 0.3 is 0 Å². The van der Waals surface area contributed by atoms with Gasteiger partial charge in [0.1, 0.15) is 29.3 Å². The molecule has 3 aromatic carbocycles. The zero-order valence-electron chi connectivity index (χ0n) is 13.7. The van der Waals surface area contributed by atoms with Gasteiger partial charge < -0.3 is 35.1 Å². The van der Waals surface area contributed by atoms with Gasteiger partial charge in [0.05, 0.1) is 11.5 Å². The Kier molecular flexibility index (Phi) is 3.59. The fraction of sp³-hybridized carbons (Fsp3) is 0.0500. The summed E-state index contributed by atoms with van der Waals surface area (Å²) in [5.74, 6) is -2.17. The molecule has 7 nitrogen and oxygen atoms in total. The first-order valence-electron chi connectivity index (χ1n) is 7.97. The summed E-state index contributed by atoms with van der Waals surface area (Å²) in [6, 6.07) is 9.70. The van der Waals surface area contributed by atoms with E-state index < -0.39 is 23.2 Å². The topological polar surface area (TPSA) is 127 Å². The molecule has 0 aromatic heterocycles. The second-order valence-corrected chi connectivity index (χ2v) is 6.21. The van der Waals surface area contributed by atoms with Crippen molar-refractivity contribution in [2.45, 2.75) is 5.92 Å². The summed E-state index contributed by atoms with van der Waals surface area (Å²) < 4.78 is 5.79. The van der Waals surface area contributed by atoms with Crippen molar-refractivity contribution < 1.29 is 35.1 Å². The van der Waals surface area contributed by atoms with E-state index in [0.717, 1.165) is 0 Å². The normalized spacial score (nSPS) is 14.7. The summed E-state index contributed by atoms with van der Waals surface area (Å²) in [6.07, 6.45) is 0.650. The van der Waals surface area contributed by atoms with Crippen molar-refractivity contribution in [1.82, 2.24) is 0 Å². The highest BCUT2D eigenvalue weighted by Crippen LogP contribution is 2.50. The van der Waals surface area contributed by atoms with E-state index in [-0.39, 0.29) is 22.8 Å². The highest BCUT2D eigenvalue weighted by molar-refractivity contribution is 5.80. The first-order chi connectivity index (χ1) is 12.9. The van der Waals surface area contributed by atoms with Gasteiger partial charge in [0, 0.05) is 5.56 Å². The first kappa shape index (κ1) is 16.6. The number of carbonyl (C=O) groups is 1. The average Bonchev–Trinajstić information content (AvgIpc) is 2.64. The molecular weight excluding hydrogens is 352 g/mol. The second-order valence-electron chi connectivity index (χ2n) is 6.21. The zero-order chi connectivity index (χ0) is 19.3. The van der Waals surface area contributed by atoms with E-state index in [9.17, 15) is 30.3 Å². The van der Waals surface area contributed by atoms with Crippen LogP contribution >= 0.6 is 0 Å². The van der Waals surface area contributed by atoms with E-state index in [2.05, 4.69) is 0 Å². The van der Waals surface area contributed by atoms with Crippen LogP contribution in [0.5, 0.6) is 40.2 Å². The predicted molar refractivity (Wildman–Crippen MR) is 94.6 cm³/mol. The van der Waals surface area contributed by atoms with E-state index >= 15 is 0 Å². The molecule has 0 bridgehead atoms. The van der Waals surface area contributed by atoms with Crippen molar-refractivity contribution in [1.29, 1.82) is 0 Å². The number of hydrogen-bond acceptors (Lipinski definition) is 7. The van der Waals surface area contributed by atoms with Crippen molar-refractivity contribution >= 4 is 6.29 Å². The van der Waals surface area contributed by atoms with Gasteiger partial charge in [-0.1, -0.05) is 0 Å². The Morgan fingerprint density at radius 2 is 1.41 bits per heavy atom. The lowest BCUT2D eigenvalue weighted by Gasteiger charge is -2.26. The Balaban J connectivity index is 1.89. The molecule has 1 aliphatic rings. The van der Waals surface area contributed by atoms with Gasteiger partial charge in [-0.15, -0.1) is 0 Å². The monoisotopic (exact) mass is 366 g/mol. The van der Waals surface area contributed by atoms with Crippen LogP contribution < -0.4 is 4.74 Å². The van der Waals surface area contributed by atoms with E-state index in [1.165, 1.54) is 36.4 Å². The molecular formula is C20H14O7. The van der Waals surface area contributed by atoms with Crippen molar-refractivity contribution in [3.8, 4) is 51.4 Å². The maximum absolute atomic E-state index is 11.7. The number of rotatable bonds is 2. The van der Waals surface area contributed by atoms with E-state index in [1.807, 2.05) is 0 Å². The predicted octanol–water partition coefficient (Wildman–Crippen LogP) is 3.32. The van der Waals surface area contributed by atoms with Gasteiger partial charge in [-0.25, -0.2) is 0 Å². The molecule has 1 atom stereocenters. The number of aldehydes is 1. The fourth-order valence-corrected chi connectivity index (χ4v) is 3.23. The summed E-state index contributed by atoms with van der Waals surface area (Å²) in [4.78, 5) is 11.7. The molecule has 0 saturated carbocycles. The van der Waals surface area contributed by atoms with Gasteiger partial charge in [0.15, 0.2) is 17.2 Å². The lowest BCUT2D eigenvalue weighted by atomic mass is 9.87. The van der Waals surface area contributed by atoms with Crippen LogP contribution in [0.25, 0.3) is 11.1 Å². The molecule has 136 valence electrons. The molecule has 3 aromatic rings. The highest BCUT2D eigenvalue weighted by Gasteiger charge is 2.31. The SMILES string of the molecule is O=CC1c2cc(O)ccc2Oc2cc(-c3cc(O)c(O)c(O)c3)cc(O)c21. The van der Waals surface area contributed by atoms with Crippen molar-refractivity contribution in [2.24, 2.45) is 0 Å². The van der Waals surface area contributed by atoms with Gasteiger partial charge in [-0.05, 0) is 53.6 Å². The lowest BCUT2D eigenvalue weighted by Crippen LogP contribution is -2.11. The summed E-state index contributed by atoms with van der Waals surface area (Å²) in [6.45, 7) is 0. The number of phenols is 5. The van der Waals surface area contributed by atoms with Crippen LogP contribution in [-0.2, 0) is 4.79 Å². The number of aromatic hydroxyl groups is 5. The molecule has 5 N–H and O–H groups in total. The fourth-order valence-electron chi connectivity index (χ4n) is 3.23. The molecule has 0 aliphatic carbocycles. The molecule has 0 amide bonds. The molecule has 1 aliphatic heterocycles.